The summed E-state index contributed by atoms with van der Waals surface area (Å²) < 4.78 is 8.23. The Hall–Kier alpha value is -3.06. The molecule has 3 heterocycles. The highest BCUT2D eigenvalue weighted by Gasteiger charge is 2.24. The van der Waals surface area contributed by atoms with E-state index in [4.69, 9.17) is 9.57 Å². The van der Waals surface area contributed by atoms with E-state index in [-0.39, 0.29) is 12.1 Å². The van der Waals surface area contributed by atoms with E-state index in [0.717, 1.165) is 35.5 Å². The molecule has 0 aliphatic carbocycles. The minimum absolute atomic E-state index is 0.112. The normalized spacial score (nSPS) is 14.9. The van der Waals surface area contributed by atoms with Gasteiger partial charge in [0.2, 0.25) is 0 Å². The lowest BCUT2D eigenvalue weighted by molar-refractivity contribution is 0.0446. The Bertz CT molecular complexity index is 975. The van der Waals surface area contributed by atoms with Crippen molar-refractivity contribution in [1.82, 2.24) is 19.8 Å². The Labute approximate surface area is 170 Å². The van der Waals surface area contributed by atoms with Crippen molar-refractivity contribution in [1.29, 1.82) is 0 Å². The van der Waals surface area contributed by atoms with Gasteiger partial charge in [0.25, 0.3) is 0 Å². The number of likely N-dealkylation sites (tertiary alicyclic amines) is 1. The zero-order valence-corrected chi connectivity index (χ0v) is 16.8. The number of aryl methyl sites for hydroxylation is 1. The smallest absolute Gasteiger partial charge is 0.341 e. The summed E-state index contributed by atoms with van der Waals surface area (Å²) in [5.41, 5.74) is 6.88. The van der Waals surface area contributed by atoms with Crippen LogP contribution in [0.3, 0.4) is 0 Å². The fourth-order valence-electron chi connectivity index (χ4n) is 3.72. The van der Waals surface area contributed by atoms with Gasteiger partial charge in [0.15, 0.2) is 0 Å². The first-order valence-electron chi connectivity index (χ1n) is 10.0. The number of urea groups is 1. The molecule has 1 saturated heterocycles. The molecule has 0 unspecified atom stereocenters. The number of hydroxylamine groups is 1. The lowest BCUT2D eigenvalue weighted by Gasteiger charge is -2.32. The van der Waals surface area contributed by atoms with Crippen molar-refractivity contribution in [2.75, 3.05) is 19.7 Å². The average molecular weight is 394 g/mol. The van der Waals surface area contributed by atoms with Gasteiger partial charge in [-0.05, 0) is 43.7 Å². The van der Waals surface area contributed by atoms with Gasteiger partial charge in [0, 0.05) is 49.6 Å². The number of nitrogens with zero attached hydrogens (tertiary/aromatic N) is 3. The zero-order valence-electron chi connectivity index (χ0n) is 16.8. The highest BCUT2D eigenvalue weighted by Crippen LogP contribution is 2.27. The van der Waals surface area contributed by atoms with Crippen LogP contribution in [0.25, 0.3) is 16.8 Å². The van der Waals surface area contributed by atoms with Gasteiger partial charge in [-0.1, -0.05) is 12.1 Å². The summed E-state index contributed by atoms with van der Waals surface area (Å²) in [5.74, 6) is 0.854. The number of pyridine rings is 1. The summed E-state index contributed by atoms with van der Waals surface area (Å²) in [4.78, 5) is 23.0. The Morgan fingerprint density at radius 1 is 1.17 bits per heavy atom. The van der Waals surface area contributed by atoms with Crippen molar-refractivity contribution in [2.45, 2.75) is 32.8 Å². The molecule has 1 fully saturated rings. The topological polar surface area (TPSA) is 68.1 Å². The second kappa shape index (κ2) is 8.53. The molecule has 1 N–H and O–H groups in total. The number of hydrogen-bond acceptors (Lipinski definition) is 4. The lowest BCUT2D eigenvalue weighted by Crippen LogP contribution is -2.46. The quantitative estimate of drug-likeness (QED) is 0.668. The van der Waals surface area contributed by atoms with Crippen molar-refractivity contribution in [2.24, 2.45) is 0 Å². The molecule has 0 bridgehead atoms. The molecular formula is C22H26N4O3. The number of benzene rings is 1. The molecule has 3 aromatic rings. The maximum absolute atomic E-state index is 11.9. The third-order valence-electron chi connectivity index (χ3n) is 5.32. The first-order valence-corrected chi connectivity index (χ1v) is 10.0. The number of aromatic nitrogens is 2. The van der Waals surface area contributed by atoms with Crippen LogP contribution < -0.4 is 10.2 Å². The summed E-state index contributed by atoms with van der Waals surface area (Å²) in [6, 6.07) is 12.2. The summed E-state index contributed by atoms with van der Waals surface area (Å²) in [6.45, 7) is 5.71. The molecule has 0 atom stereocenters. The predicted octanol–water partition coefficient (Wildman–Crippen LogP) is 3.81. The van der Waals surface area contributed by atoms with Gasteiger partial charge < -0.3 is 14.0 Å². The van der Waals surface area contributed by atoms with Crippen molar-refractivity contribution in [3.8, 4) is 16.9 Å². The molecule has 2 aromatic heterocycles. The molecule has 7 heteroatoms. The third kappa shape index (κ3) is 4.19. The van der Waals surface area contributed by atoms with Crippen LogP contribution in [0, 0.1) is 6.92 Å². The summed E-state index contributed by atoms with van der Waals surface area (Å²) in [5, 5.41) is 0. The van der Waals surface area contributed by atoms with Crippen LogP contribution in [-0.2, 0) is 4.84 Å². The molecule has 152 valence electrons. The molecule has 1 aromatic carbocycles. The van der Waals surface area contributed by atoms with Crippen LogP contribution in [0.5, 0.6) is 5.75 Å². The largest absolute Gasteiger partial charge is 0.490 e. The summed E-state index contributed by atoms with van der Waals surface area (Å²) >= 11 is 0. The number of piperidine rings is 1. The molecular weight excluding hydrogens is 368 g/mol. The van der Waals surface area contributed by atoms with Gasteiger partial charge >= 0.3 is 6.03 Å². The monoisotopic (exact) mass is 394 g/mol. The van der Waals surface area contributed by atoms with Crippen molar-refractivity contribution < 1.29 is 14.4 Å². The maximum atomic E-state index is 11.9. The van der Waals surface area contributed by atoms with Crippen LogP contribution >= 0.6 is 0 Å². The molecule has 2 amide bonds. The molecule has 0 spiro atoms. The van der Waals surface area contributed by atoms with Gasteiger partial charge in [-0.3, -0.25) is 4.84 Å². The second-order valence-electron chi connectivity index (χ2n) is 7.16. The van der Waals surface area contributed by atoms with Crippen LogP contribution in [0.2, 0.25) is 0 Å². The van der Waals surface area contributed by atoms with Crippen molar-refractivity contribution in [3.05, 3.63) is 54.5 Å². The van der Waals surface area contributed by atoms with Crippen molar-refractivity contribution in [3.63, 3.8) is 0 Å². The predicted molar refractivity (Wildman–Crippen MR) is 111 cm³/mol. The van der Waals surface area contributed by atoms with Gasteiger partial charge in [-0.2, -0.15) is 0 Å². The first-order chi connectivity index (χ1) is 14.2. The number of ether oxygens (including phenoxy) is 1. The first kappa shape index (κ1) is 19.3. The third-order valence-corrected chi connectivity index (χ3v) is 5.32. The van der Waals surface area contributed by atoms with E-state index in [0.29, 0.717) is 19.7 Å². The number of hydrogen-bond donors (Lipinski definition) is 1. The zero-order chi connectivity index (χ0) is 20.2. The number of fused-ring (bicyclic) bond motifs is 1. The van der Waals surface area contributed by atoms with Crippen molar-refractivity contribution >= 4 is 11.7 Å². The van der Waals surface area contributed by atoms with E-state index in [2.05, 4.69) is 40.0 Å². The van der Waals surface area contributed by atoms with Crippen LogP contribution in [0.4, 0.5) is 4.79 Å². The van der Waals surface area contributed by atoms with Gasteiger partial charge in [-0.15, -0.1) is 0 Å². The Morgan fingerprint density at radius 2 is 1.93 bits per heavy atom. The van der Waals surface area contributed by atoms with E-state index >= 15 is 0 Å². The standard InChI is InChI=1S/C22H26N4O3/c1-3-28-24-22(27)25-13-10-19(11-14-25)29-18-6-4-17(5-7-18)20-8-9-21-23-12-15-26(21)16(20)2/h4-9,12,15,19H,3,10-11,13-14H2,1-2H3,(H,24,27). The second-order valence-corrected chi connectivity index (χ2v) is 7.16. The average Bonchev–Trinajstić information content (AvgIpc) is 3.23. The van der Waals surface area contributed by atoms with Crippen LogP contribution in [0.1, 0.15) is 25.5 Å². The Morgan fingerprint density at radius 3 is 2.66 bits per heavy atom. The minimum atomic E-state index is -0.181. The Kier molecular flexibility index (Phi) is 5.67. The summed E-state index contributed by atoms with van der Waals surface area (Å²) in [6.07, 6.45) is 5.51. The van der Waals surface area contributed by atoms with E-state index in [9.17, 15) is 4.79 Å². The van der Waals surface area contributed by atoms with E-state index in [1.54, 1.807) is 4.90 Å². The highest BCUT2D eigenvalue weighted by atomic mass is 16.7. The number of nitrogens with one attached hydrogen (secondary N) is 1. The molecule has 0 radical (unpaired) electrons. The number of carbonyl (C=O) groups is 1. The lowest BCUT2D eigenvalue weighted by atomic mass is 10.0. The molecule has 1 aliphatic rings. The molecule has 29 heavy (non-hydrogen) atoms. The fourth-order valence-corrected chi connectivity index (χ4v) is 3.72. The van der Waals surface area contributed by atoms with Gasteiger partial charge in [0.1, 0.15) is 17.5 Å². The Balaban J connectivity index is 1.36. The highest BCUT2D eigenvalue weighted by molar-refractivity contribution is 5.73. The molecule has 0 saturated carbocycles. The SMILES string of the molecule is CCONC(=O)N1CCC(Oc2ccc(-c3ccc4nccn4c3C)cc2)CC1. The van der Waals surface area contributed by atoms with Crippen LogP contribution in [0.15, 0.2) is 48.8 Å². The number of rotatable bonds is 5. The number of imidazole rings is 1. The fraction of sp³-hybridized carbons (Fsp3) is 0.364. The molecule has 7 nitrogen and oxygen atoms in total. The van der Waals surface area contributed by atoms with Gasteiger partial charge in [0.05, 0.1) is 6.61 Å². The van der Waals surface area contributed by atoms with E-state index in [1.807, 2.05) is 37.5 Å². The molecule has 4 rings (SSSR count). The summed E-state index contributed by atoms with van der Waals surface area (Å²) in [7, 11) is 0. The number of carbonyl (C=O) groups excluding carboxylic acids is 1. The van der Waals surface area contributed by atoms with Gasteiger partial charge in [-0.25, -0.2) is 15.3 Å². The number of amides is 2. The minimum Gasteiger partial charge on any atom is -0.490 e. The van der Waals surface area contributed by atoms with E-state index < -0.39 is 0 Å². The maximum Gasteiger partial charge on any atom is 0.341 e. The van der Waals surface area contributed by atoms with E-state index in [1.165, 1.54) is 5.56 Å². The van der Waals surface area contributed by atoms with Crippen LogP contribution in [-0.4, -0.2) is 46.1 Å². The molecule has 1 aliphatic heterocycles.